The molecule has 2 rings (SSSR count). The molecule has 0 fully saturated rings. The van der Waals surface area contributed by atoms with Gasteiger partial charge in [0.2, 0.25) is 0 Å². The molecule has 1 unspecified atom stereocenters. The summed E-state index contributed by atoms with van der Waals surface area (Å²) in [5, 5.41) is 11.1. The molecule has 0 aliphatic rings. The summed E-state index contributed by atoms with van der Waals surface area (Å²) in [4.78, 5) is 1.18. The molecule has 20 heavy (non-hydrogen) atoms. The van der Waals surface area contributed by atoms with Gasteiger partial charge in [-0.15, -0.1) is 11.3 Å². The van der Waals surface area contributed by atoms with Crippen LogP contribution < -0.4 is 5.32 Å². The Hall–Kier alpha value is -0.840. The fraction of sp³-hybridized carbons (Fsp3) is 0.533. The summed E-state index contributed by atoms with van der Waals surface area (Å²) in [6, 6.07) is 4.30. The van der Waals surface area contributed by atoms with Crippen LogP contribution in [-0.2, 0) is 13.0 Å². The van der Waals surface area contributed by atoms with E-state index < -0.39 is 0 Å². The lowest BCUT2D eigenvalue weighted by Gasteiger charge is -2.19. The molecule has 0 aliphatic heterocycles. The lowest BCUT2D eigenvalue weighted by Crippen LogP contribution is -2.25. The minimum Gasteiger partial charge on any atom is -0.304 e. The third-order valence-corrected chi connectivity index (χ3v) is 4.75. The first kappa shape index (κ1) is 15.5. The average Bonchev–Trinajstić information content (AvgIpc) is 3.06. The Bertz CT molecular complexity index is 547. The molecule has 0 radical (unpaired) electrons. The maximum Gasteiger partial charge on any atom is 0.0857 e. The van der Waals surface area contributed by atoms with Crippen LogP contribution in [0, 0.1) is 0 Å². The van der Waals surface area contributed by atoms with Gasteiger partial charge < -0.3 is 5.32 Å². The zero-order chi connectivity index (χ0) is 14.5. The van der Waals surface area contributed by atoms with Crippen LogP contribution in [0.25, 0.3) is 0 Å². The first-order valence-electron chi connectivity index (χ1n) is 7.24. The molecule has 110 valence electrons. The topological polar surface area (TPSA) is 29.9 Å². The molecule has 2 heterocycles. The predicted octanol–water partition coefficient (Wildman–Crippen LogP) is 4.27. The van der Waals surface area contributed by atoms with Crippen LogP contribution in [0.15, 0.2) is 17.5 Å². The van der Waals surface area contributed by atoms with Crippen LogP contribution in [0.4, 0.5) is 0 Å². The van der Waals surface area contributed by atoms with Crippen molar-refractivity contribution < 1.29 is 0 Å². The number of aromatic nitrogens is 2. The number of nitrogens with zero attached hydrogens (tertiary/aromatic N) is 2. The van der Waals surface area contributed by atoms with Gasteiger partial charge >= 0.3 is 0 Å². The zero-order valence-electron chi connectivity index (χ0n) is 12.3. The Morgan fingerprint density at radius 1 is 1.40 bits per heavy atom. The quantitative estimate of drug-likeness (QED) is 0.827. The lowest BCUT2D eigenvalue weighted by atomic mass is 10.1. The van der Waals surface area contributed by atoms with Crippen molar-refractivity contribution in [2.45, 2.75) is 46.2 Å². The average molecular weight is 312 g/mol. The highest BCUT2D eigenvalue weighted by Gasteiger charge is 2.22. The molecular weight excluding hydrogens is 290 g/mol. The molecule has 2 aromatic heterocycles. The van der Waals surface area contributed by atoms with Gasteiger partial charge in [0.15, 0.2) is 0 Å². The summed E-state index contributed by atoms with van der Waals surface area (Å²) < 4.78 is 2.09. The number of hydrogen-bond acceptors (Lipinski definition) is 3. The number of aryl methyl sites for hydroxylation is 2. The predicted molar refractivity (Wildman–Crippen MR) is 86.7 cm³/mol. The van der Waals surface area contributed by atoms with Crippen molar-refractivity contribution in [2.75, 3.05) is 6.54 Å². The number of halogens is 1. The standard InChI is InChI=1S/C15H22ClN3S/c1-4-8-17-14(15-12(16)7-9-20-15)13-10-11(5-2)18-19(13)6-3/h7,9-10,14,17H,4-6,8H2,1-3H3. The van der Waals surface area contributed by atoms with Crippen LogP contribution in [-0.4, -0.2) is 16.3 Å². The normalized spacial score (nSPS) is 12.8. The highest BCUT2D eigenvalue weighted by Crippen LogP contribution is 2.33. The van der Waals surface area contributed by atoms with Crippen LogP contribution in [0.1, 0.15) is 49.5 Å². The molecule has 0 spiro atoms. The van der Waals surface area contributed by atoms with Crippen molar-refractivity contribution in [2.24, 2.45) is 0 Å². The Labute approximate surface area is 130 Å². The highest BCUT2D eigenvalue weighted by molar-refractivity contribution is 7.10. The second-order valence-electron chi connectivity index (χ2n) is 4.75. The summed E-state index contributed by atoms with van der Waals surface area (Å²) in [6.07, 6.45) is 2.05. The SMILES string of the molecule is CCCNC(c1sccc1Cl)c1cc(CC)nn1CC. The summed E-state index contributed by atoms with van der Waals surface area (Å²) >= 11 is 8.04. The largest absolute Gasteiger partial charge is 0.304 e. The first-order chi connectivity index (χ1) is 9.71. The second kappa shape index (κ2) is 7.25. The van der Waals surface area contributed by atoms with E-state index in [1.54, 1.807) is 11.3 Å². The van der Waals surface area contributed by atoms with Gasteiger partial charge in [0, 0.05) is 11.4 Å². The molecule has 2 aromatic rings. The van der Waals surface area contributed by atoms with Crippen LogP contribution >= 0.6 is 22.9 Å². The Morgan fingerprint density at radius 3 is 2.75 bits per heavy atom. The molecule has 0 saturated heterocycles. The van der Waals surface area contributed by atoms with Gasteiger partial charge in [0.25, 0.3) is 0 Å². The van der Waals surface area contributed by atoms with Crippen molar-refractivity contribution in [1.82, 2.24) is 15.1 Å². The fourth-order valence-corrected chi connectivity index (χ4v) is 3.53. The van der Waals surface area contributed by atoms with Crippen molar-refractivity contribution in [3.63, 3.8) is 0 Å². The Morgan fingerprint density at radius 2 is 2.20 bits per heavy atom. The first-order valence-corrected chi connectivity index (χ1v) is 8.49. The van der Waals surface area contributed by atoms with Crippen molar-refractivity contribution >= 4 is 22.9 Å². The van der Waals surface area contributed by atoms with Gasteiger partial charge in [0.1, 0.15) is 0 Å². The summed E-state index contributed by atoms with van der Waals surface area (Å²) in [5.74, 6) is 0. The molecule has 5 heteroatoms. The third-order valence-electron chi connectivity index (χ3n) is 3.32. The maximum absolute atomic E-state index is 6.34. The minimum atomic E-state index is 0.134. The molecule has 0 aromatic carbocycles. The van der Waals surface area contributed by atoms with Gasteiger partial charge in [-0.05, 0) is 43.8 Å². The van der Waals surface area contributed by atoms with E-state index in [0.717, 1.165) is 36.6 Å². The van der Waals surface area contributed by atoms with Crippen LogP contribution in [0.3, 0.4) is 0 Å². The Kier molecular flexibility index (Phi) is 5.64. The van der Waals surface area contributed by atoms with E-state index in [4.69, 9.17) is 11.6 Å². The van der Waals surface area contributed by atoms with E-state index in [-0.39, 0.29) is 6.04 Å². The van der Waals surface area contributed by atoms with Gasteiger partial charge in [0.05, 0.1) is 22.5 Å². The second-order valence-corrected chi connectivity index (χ2v) is 6.10. The summed E-state index contributed by atoms with van der Waals surface area (Å²) in [6.45, 7) is 8.29. The van der Waals surface area contributed by atoms with Crippen LogP contribution in [0.5, 0.6) is 0 Å². The molecule has 0 bridgehead atoms. The molecule has 0 aliphatic carbocycles. The van der Waals surface area contributed by atoms with Crippen molar-refractivity contribution in [3.05, 3.63) is 38.8 Å². The van der Waals surface area contributed by atoms with E-state index in [0.29, 0.717) is 0 Å². The number of thiophene rings is 1. The zero-order valence-corrected chi connectivity index (χ0v) is 13.9. The van der Waals surface area contributed by atoms with E-state index >= 15 is 0 Å². The van der Waals surface area contributed by atoms with E-state index in [1.165, 1.54) is 10.6 Å². The monoisotopic (exact) mass is 311 g/mol. The van der Waals surface area contributed by atoms with Crippen molar-refractivity contribution in [3.8, 4) is 0 Å². The number of rotatable bonds is 7. The lowest BCUT2D eigenvalue weighted by molar-refractivity contribution is 0.533. The smallest absolute Gasteiger partial charge is 0.0857 e. The maximum atomic E-state index is 6.34. The van der Waals surface area contributed by atoms with E-state index in [1.807, 2.05) is 11.4 Å². The number of hydrogen-bond donors (Lipinski definition) is 1. The van der Waals surface area contributed by atoms with Gasteiger partial charge in [-0.25, -0.2) is 0 Å². The summed E-state index contributed by atoms with van der Waals surface area (Å²) in [5.41, 5.74) is 2.35. The molecular formula is C15H22ClN3S. The molecule has 1 N–H and O–H groups in total. The van der Waals surface area contributed by atoms with E-state index in [2.05, 4.69) is 41.9 Å². The van der Waals surface area contributed by atoms with Crippen molar-refractivity contribution in [1.29, 1.82) is 0 Å². The van der Waals surface area contributed by atoms with Gasteiger partial charge in [-0.1, -0.05) is 25.4 Å². The minimum absolute atomic E-state index is 0.134. The molecule has 0 amide bonds. The van der Waals surface area contributed by atoms with Crippen LogP contribution in [0.2, 0.25) is 5.02 Å². The van der Waals surface area contributed by atoms with Gasteiger partial charge in [-0.2, -0.15) is 5.10 Å². The molecule has 3 nitrogen and oxygen atoms in total. The van der Waals surface area contributed by atoms with Gasteiger partial charge in [-0.3, -0.25) is 4.68 Å². The highest BCUT2D eigenvalue weighted by atomic mass is 35.5. The third kappa shape index (κ3) is 3.25. The number of nitrogens with one attached hydrogen (secondary N) is 1. The summed E-state index contributed by atoms with van der Waals surface area (Å²) in [7, 11) is 0. The molecule has 0 saturated carbocycles. The molecule has 1 atom stereocenters. The fourth-order valence-electron chi connectivity index (χ4n) is 2.28. The van der Waals surface area contributed by atoms with E-state index in [9.17, 15) is 0 Å². The Balaban J connectivity index is 2.40.